The lowest BCUT2D eigenvalue weighted by molar-refractivity contribution is 0.0959. The second kappa shape index (κ2) is 4.37. The van der Waals surface area contributed by atoms with Crippen LogP contribution in [0, 0.1) is 5.82 Å². The molecule has 0 aliphatic heterocycles. The number of rotatable bonds is 2. The molecule has 1 aliphatic carbocycles. The Bertz CT molecular complexity index is 589. The quantitative estimate of drug-likeness (QED) is 0.731. The lowest BCUT2D eigenvalue weighted by Crippen LogP contribution is -2.10. The number of aryl methyl sites for hydroxylation is 1. The summed E-state index contributed by atoms with van der Waals surface area (Å²) in [5, 5.41) is 0. The molecule has 2 aromatic carbocycles. The molecule has 0 fully saturated rings. The molecule has 0 saturated carbocycles. The fraction of sp³-hybridized carbons (Fsp3) is 0.188. The molecule has 2 heteroatoms. The summed E-state index contributed by atoms with van der Waals surface area (Å²) in [7, 11) is 0. The van der Waals surface area contributed by atoms with Gasteiger partial charge in [-0.3, -0.25) is 4.79 Å². The van der Waals surface area contributed by atoms with Crippen LogP contribution in [-0.2, 0) is 6.42 Å². The van der Waals surface area contributed by atoms with Crippen molar-refractivity contribution < 1.29 is 9.18 Å². The summed E-state index contributed by atoms with van der Waals surface area (Å²) in [6.07, 6.45) is 1.64. The van der Waals surface area contributed by atoms with Crippen molar-refractivity contribution in [3.63, 3.8) is 0 Å². The number of carbonyl (C=O) groups is 1. The summed E-state index contributed by atoms with van der Waals surface area (Å²) in [4.78, 5) is 12.4. The van der Waals surface area contributed by atoms with Crippen molar-refractivity contribution in [2.45, 2.75) is 18.8 Å². The Morgan fingerprint density at radius 3 is 2.67 bits per heavy atom. The maximum Gasteiger partial charge on any atom is 0.170 e. The number of carbonyl (C=O) groups excluding carboxylic acids is 1. The largest absolute Gasteiger partial charge is 0.293 e. The van der Waals surface area contributed by atoms with E-state index in [0.717, 1.165) is 24.0 Å². The first-order valence-electron chi connectivity index (χ1n) is 6.13. The molecule has 18 heavy (non-hydrogen) atoms. The third-order valence-corrected chi connectivity index (χ3v) is 3.56. The Hall–Kier alpha value is -1.96. The summed E-state index contributed by atoms with van der Waals surface area (Å²) in [6.45, 7) is 0. The van der Waals surface area contributed by atoms with E-state index in [-0.39, 0.29) is 17.5 Å². The van der Waals surface area contributed by atoms with Crippen molar-refractivity contribution in [1.29, 1.82) is 0 Å². The highest BCUT2D eigenvalue weighted by molar-refractivity contribution is 6.01. The first-order valence-corrected chi connectivity index (χ1v) is 6.13. The fourth-order valence-corrected chi connectivity index (χ4v) is 2.65. The first kappa shape index (κ1) is 11.1. The van der Waals surface area contributed by atoms with E-state index in [1.165, 1.54) is 12.1 Å². The van der Waals surface area contributed by atoms with Crippen molar-refractivity contribution in [3.05, 3.63) is 71.0 Å². The van der Waals surface area contributed by atoms with Crippen LogP contribution in [0.2, 0.25) is 0 Å². The van der Waals surface area contributed by atoms with E-state index < -0.39 is 0 Å². The zero-order valence-electron chi connectivity index (χ0n) is 9.90. The Labute approximate surface area is 105 Å². The number of Topliss-reactive ketones (excluding diaryl/α,β-unsaturated/α-hetero) is 1. The monoisotopic (exact) mass is 240 g/mol. The third-order valence-electron chi connectivity index (χ3n) is 3.56. The molecule has 0 heterocycles. The van der Waals surface area contributed by atoms with Crippen LogP contribution in [-0.4, -0.2) is 5.78 Å². The molecule has 0 spiro atoms. The van der Waals surface area contributed by atoms with Crippen LogP contribution in [0.5, 0.6) is 0 Å². The number of hydrogen-bond acceptors (Lipinski definition) is 1. The Kier molecular flexibility index (Phi) is 2.71. The molecule has 1 nitrogen and oxygen atoms in total. The normalized spacial score (nSPS) is 17.5. The lowest BCUT2D eigenvalue weighted by atomic mass is 9.92. The van der Waals surface area contributed by atoms with Gasteiger partial charge in [0.25, 0.3) is 0 Å². The van der Waals surface area contributed by atoms with Gasteiger partial charge in [-0.05, 0) is 36.1 Å². The molecule has 1 atom stereocenters. The maximum absolute atomic E-state index is 13.3. The second-order valence-corrected chi connectivity index (χ2v) is 4.66. The van der Waals surface area contributed by atoms with Gasteiger partial charge in [0.15, 0.2) is 5.78 Å². The van der Waals surface area contributed by atoms with Gasteiger partial charge in [-0.2, -0.15) is 0 Å². The Balaban J connectivity index is 1.97. The third kappa shape index (κ3) is 1.84. The van der Waals surface area contributed by atoms with E-state index in [1.54, 1.807) is 6.07 Å². The molecule has 0 N–H and O–H groups in total. The lowest BCUT2D eigenvalue weighted by Gasteiger charge is -2.10. The van der Waals surface area contributed by atoms with Gasteiger partial charge >= 0.3 is 0 Å². The van der Waals surface area contributed by atoms with E-state index in [0.29, 0.717) is 5.56 Å². The highest BCUT2D eigenvalue weighted by Crippen LogP contribution is 2.35. The zero-order valence-corrected chi connectivity index (χ0v) is 9.90. The SMILES string of the molecule is O=C(c1ccccc1)C1CCc2ccc(F)cc21. The number of halogens is 1. The Morgan fingerprint density at radius 2 is 1.89 bits per heavy atom. The minimum absolute atomic E-state index is 0.0972. The van der Waals surface area contributed by atoms with Crippen LogP contribution >= 0.6 is 0 Å². The second-order valence-electron chi connectivity index (χ2n) is 4.66. The van der Waals surface area contributed by atoms with E-state index in [9.17, 15) is 9.18 Å². The van der Waals surface area contributed by atoms with Gasteiger partial charge in [0.2, 0.25) is 0 Å². The minimum atomic E-state index is -0.262. The van der Waals surface area contributed by atoms with Gasteiger partial charge in [0.1, 0.15) is 5.82 Å². The van der Waals surface area contributed by atoms with Crippen LogP contribution in [0.4, 0.5) is 4.39 Å². The van der Waals surface area contributed by atoms with Crippen molar-refractivity contribution in [3.8, 4) is 0 Å². The van der Waals surface area contributed by atoms with Gasteiger partial charge in [-0.1, -0.05) is 36.4 Å². The molecule has 0 saturated heterocycles. The first-order chi connectivity index (χ1) is 8.75. The Morgan fingerprint density at radius 1 is 1.11 bits per heavy atom. The van der Waals surface area contributed by atoms with E-state index >= 15 is 0 Å². The summed E-state index contributed by atoms with van der Waals surface area (Å²) < 4.78 is 13.3. The number of benzene rings is 2. The van der Waals surface area contributed by atoms with E-state index in [4.69, 9.17) is 0 Å². The van der Waals surface area contributed by atoms with Crippen LogP contribution in [0.25, 0.3) is 0 Å². The predicted octanol–water partition coefficient (Wildman–Crippen LogP) is 3.74. The molecule has 0 bridgehead atoms. The van der Waals surface area contributed by atoms with Crippen molar-refractivity contribution >= 4 is 5.78 Å². The molecule has 90 valence electrons. The summed E-state index contributed by atoms with van der Waals surface area (Å²) in [6, 6.07) is 14.0. The van der Waals surface area contributed by atoms with Gasteiger partial charge in [-0.25, -0.2) is 4.39 Å². The van der Waals surface area contributed by atoms with E-state index in [2.05, 4.69) is 0 Å². The number of hydrogen-bond donors (Lipinski definition) is 0. The molecule has 1 aliphatic rings. The minimum Gasteiger partial charge on any atom is -0.293 e. The zero-order chi connectivity index (χ0) is 12.5. The highest BCUT2D eigenvalue weighted by Gasteiger charge is 2.29. The average Bonchev–Trinajstić information content (AvgIpc) is 2.82. The molecule has 1 unspecified atom stereocenters. The van der Waals surface area contributed by atoms with Crippen LogP contribution in [0.3, 0.4) is 0 Å². The van der Waals surface area contributed by atoms with Gasteiger partial charge < -0.3 is 0 Å². The predicted molar refractivity (Wildman–Crippen MR) is 68.2 cm³/mol. The van der Waals surface area contributed by atoms with E-state index in [1.807, 2.05) is 30.3 Å². The molecule has 0 radical (unpaired) electrons. The van der Waals surface area contributed by atoms with Crippen molar-refractivity contribution in [2.24, 2.45) is 0 Å². The van der Waals surface area contributed by atoms with Gasteiger partial charge in [-0.15, -0.1) is 0 Å². The number of ketones is 1. The fourth-order valence-electron chi connectivity index (χ4n) is 2.65. The van der Waals surface area contributed by atoms with Crippen LogP contribution in [0.1, 0.15) is 33.8 Å². The van der Waals surface area contributed by atoms with Gasteiger partial charge in [0, 0.05) is 11.5 Å². The van der Waals surface area contributed by atoms with Crippen LogP contribution < -0.4 is 0 Å². The summed E-state index contributed by atoms with van der Waals surface area (Å²) >= 11 is 0. The summed E-state index contributed by atoms with van der Waals surface area (Å²) in [5.74, 6) is -0.348. The van der Waals surface area contributed by atoms with Gasteiger partial charge in [0.05, 0.1) is 0 Å². The molecule has 0 amide bonds. The summed E-state index contributed by atoms with van der Waals surface area (Å²) in [5.41, 5.74) is 2.68. The average molecular weight is 240 g/mol. The number of fused-ring (bicyclic) bond motifs is 1. The molecular formula is C16H13FO. The topological polar surface area (TPSA) is 17.1 Å². The van der Waals surface area contributed by atoms with Crippen LogP contribution in [0.15, 0.2) is 48.5 Å². The molecule has 0 aromatic heterocycles. The van der Waals surface area contributed by atoms with Crippen molar-refractivity contribution in [1.82, 2.24) is 0 Å². The smallest absolute Gasteiger partial charge is 0.170 e. The molecular weight excluding hydrogens is 227 g/mol. The molecule has 3 rings (SSSR count). The maximum atomic E-state index is 13.3. The molecule has 2 aromatic rings. The standard InChI is InChI=1S/C16H13FO/c17-13-8-6-11-7-9-14(15(11)10-13)16(18)12-4-2-1-3-5-12/h1-6,8,10,14H,7,9H2. The highest BCUT2D eigenvalue weighted by atomic mass is 19.1. The van der Waals surface area contributed by atoms with Crippen molar-refractivity contribution in [2.75, 3.05) is 0 Å².